The number of rotatable bonds is 9. The Morgan fingerprint density at radius 1 is 1.21 bits per heavy atom. The lowest BCUT2D eigenvalue weighted by Crippen LogP contribution is -2.35. The maximum absolute atomic E-state index is 14.2. The van der Waals surface area contributed by atoms with Crippen molar-refractivity contribution in [1.82, 2.24) is 9.97 Å². The predicted molar refractivity (Wildman–Crippen MR) is 123 cm³/mol. The van der Waals surface area contributed by atoms with Crippen LogP contribution in [0.1, 0.15) is 43.4 Å². The Morgan fingerprint density at radius 2 is 1.91 bits per heavy atom. The molecule has 0 bridgehead atoms. The lowest BCUT2D eigenvalue weighted by atomic mass is 9.91. The third-order valence-electron chi connectivity index (χ3n) is 6.93. The van der Waals surface area contributed by atoms with Crippen LogP contribution in [0, 0.1) is 23.6 Å². The second-order valence-corrected chi connectivity index (χ2v) is 11.2. The molecule has 0 radical (unpaired) electrons. The van der Waals surface area contributed by atoms with Gasteiger partial charge in [-0.05, 0) is 56.1 Å². The molecule has 33 heavy (non-hydrogen) atoms. The van der Waals surface area contributed by atoms with Gasteiger partial charge in [-0.3, -0.25) is 0 Å². The van der Waals surface area contributed by atoms with Gasteiger partial charge in [0.25, 0.3) is 0 Å². The summed E-state index contributed by atoms with van der Waals surface area (Å²) in [6.45, 7) is 4.65. The summed E-state index contributed by atoms with van der Waals surface area (Å²) >= 11 is 0. The zero-order valence-corrected chi connectivity index (χ0v) is 20.2. The first-order valence-electron chi connectivity index (χ1n) is 11.4. The summed E-state index contributed by atoms with van der Waals surface area (Å²) < 4.78 is 48.3. The first kappa shape index (κ1) is 24.0. The van der Waals surface area contributed by atoms with Crippen molar-refractivity contribution in [2.75, 3.05) is 38.0 Å². The zero-order valence-electron chi connectivity index (χ0n) is 19.4. The molecule has 3 unspecified atom stereocenters. The average molecular weight is 478 g/mol. The van der Waals surface area contributed by atoms with Gasteiger partial charge in [0, 0.05) is 50.0 Å². The molecule has 2 aliphatic rings. The van der Waals surface area contributed by atoms with Crippen LogP contribution in [0.15, 0.2) is 35.5 Å². The SMILES string of the molecule is COC(C)c1cnc(N2CCC(C3CC3COCc3ccc(S(C)(=O)=O)cc3F)CC2)nc1. The van der Waals surface area contributed by atoms with Gasteiger partial charge in [0.15, 0.2) is 9.84 Å². The smallest absolute Gasteiger partial charge is 0.225 e. The fraction of sp³-hybridized carbons (Fsp3) is 0.583. The van der Waals surface area contributed by atoms with Crippen LogP contribution in [0.4, 0.5) is 10.3 Å². The Morgan fingerprint density at radius 3 is 2.52 bits per heavy atom. The van der Waals surface area contributed by atoms with Gasteiger partial charge in [-0.2, -0.15) is 0 Å². The Bertz CT molecular complexity index is 1060. The van der Waals surface area contributed by atoms with E-state index in [1.165, 1.54) is 12.1 Å². The first-order chi connectivity index (χ1) is 15.8. The van der Waals surface area contributed by atoms with Crippen molar-refractivity contribution in [3.05, 3.63) is 47.5 Å². The van der Waals surface area contributed by atoms with Crippen LogP contribution in [0.25, 0.3) is 0 Å². The Labute approximate surface area is 195 Å². The van der Waals surface area contributed by atoms with Gasteiger partial charge >= 0.3 is 0 Å². The number of benzene rings is 1. The second-order valence-electron chi connectivity index (χ2n) is 9.22. The molecule has 7 nitrogen and oxygen atoms in total. The molecule has 4 rings (SSSR count). The van der Waals surface area contributed by atoms with Gasteiger partial charge in [0.1, 0.15) is 5.82 Å². The quantitative estimate of drug-likeness (QED) is 0.543. The van der Waals surface area contributed by atoms with E-state index in [4.69, 9.17) is 9.47 Å². The van der Waals surface area contributed by atoms with Crippen LogP contribution < -0.4 is 4.90 Å². The molecule has 1 aromatic heterocycles. The molecule has 3 atom stereocenters. The molecule has 9 heteroatoms. The highest BCUT2D eigenvalue weighted by molar-refractivity contribution is 7.90. The third kappa shape index (κ3) is 5.88. The fourth-order valence-corrected chi connectivity index (χ4v) is 5.24. The number of halogens is 1. The molecular weight excluding hydrogens is 445 g/mol. The number of piperidine rings is 1. The highest BCUT2D eigenvalue weighted by atomic mass is 32.2. The van der Waals surface area contributed by atoms with E-state index in [1.807, 2.05) is 19.3 Å². The van der Waals surface area contributed by atoms with Gasteiger partial charge in [-0.15, -0.1) is 0 Å². The van der Waals surface area contributed by atoms with Crippen molar-refractivity contribution < 1.29 is 22.3 Å². The van der Waals surface area contributed by atoms with Crippen molar-refractivity contribution in [3.8, 4) is 0 Å². The van der Waals surface area contributed by atoms with Crippen molar-refractivity contribution in [2.45, 2.75) is 43.8 Å². The summed E-state index contributed by atoms with van der Waals surface area (Å²) in [7, 11) is -1.73. The Kier molecular flexibility index (Phi) is 7.31. The molecular formula is C24H32FN3O4S. The maximum atomic E-state index is 14.2. The van der Waals surface area contributed by atoms with Crippen LogP contribution in [-0.2, 0) is 25.9 Å². The molecule has 0 N–H and O–H groups in total. The van der Waals surface area contributed by atoms with Crippen LogP contribution in [0.3, 0.4) is 0 Å². The molecule has 2 fully saturated rings. The Hall–Kier alpha value is -2.10. The summed E-state index contributed by atoms with van der Waals surface area (Å²) in [6.07, 6.45) is 8.12. The number of methoxy groups -OCH3 is 1. The van der Waals surface area contributed by atoms with Crippen LogP contribution >= 0.6 is 0 Å². The van der Waals surface area contributed by atoms with Gasteiger partial charge in [0.2, 0.25) is 5.95 Å². The lowest BCUT2D eigenvalue weighted by molar-refractivity contribution is 0.102. The van der Waals surface area contributed by atoms with Gasteiger partial charge in [0.05, 0.1) is 24.2 Å². The molecule has 180 valence electrons. The van der Waals surface area contributed by atoms with E-state index in [0.717, 1.165) is 56.2 Å². The summed E-state index contributed by atoms with van der Waals surface area (Å²) in [6, 6.07) is 3.99. The van der Waals surface area contributed by atoms with E-state index in [1.54, 1.807) is 7.11 Å². The first-order valence-corrected chi connectivity index (χ1v) is 13.3. The number of anilines is 1. The topological polar surface area (TPSA) is 81.6 Å². The molecule has 0 amide bonds. The standard InChI is InChI=1S/C24H32FN3O4S/c1-16(31-2)20-12-26-24(27-13-20)28-8-6-17(7-9-28)22-10-19(22)15-32-14-18-4-5-21(11-23(18)25)33(3,29)30/h4-5,11-13,16-17,19,22H,6-10,14-15H2,1-3H3. The van der Waals surface area contributed by atoms with Crippen molar-refractivity contribution >= 4 is 15.8 Å². The molecule has 2 heterocycles. The minimum atomic E-state index is -3.41. The molecule has 2 aromatic rings. The number of hydrogen-bond acceptors (Lipinski definition) is 7. The second kappa shape index (κ2) is 10.0. The predicted octanol–water partition coefficient (Wildman–Crippen LogP) is 3.80. The minimum Gasteiger partial charge on any atom is -0.377 e. The number of nitrogens with zero attached hydrogens (tertiary/aromatic N) is 3. The van der Waals surface area contributed by atoms with Gasteiger partial charge in [-0.25, -0.2) is 22.8 Å². The summed E-state index contributed by atoms with van der Waals surface area (Å²) in [5.74, 6) is 2.10. The zero-order chi connectivity index (χ0) is 23.6. The summed E-state index contributed by atoms with van der Waals surface area (Å²) in [5, 5.41) is 0. The van der Waals surface area contributed by atoms with E-state index in [9.17, 15) is 12.8 Å². The molecule has 1 saturated carbocycles. The average Bonchev–Trinajstić information content (AvgIpc) is 3.58. The number of hydrogen-bond donors (Lipinski definition) is 0. The lowest BCUT2D eigenvalue weighted by Gasteiger charge is -2.32. The molecule has 1 aliphatic carbocycles. The van der Waals surface area contributed by atoms with E-state index >= 15 is 0 Å². The highest BCUT2D eigenvalue weighted by Crippen LogP contribution is 2.48. The monoisotopic (exact) mass is 477 g/mol. The van der Waals surface area contributed by atoms with E-state index in [-0.39, 0.29) is 17.6 Å². The number of ether oxygens (including phenoxy) is 2. The van der Waals surface area contributed by atoms with Crippen LogP contribution in [-0.4, -0.2) is 51.4 Å². The highest BCUT2D eigenvalue weighted by Gasteiger charge is 2.43. The fourth-order valence-electron chi connectivity index (χ4n) is 4.60. The van der Waals surface area contributed by atoms with E-state index in [0.29, 0.717) is 29.9 Å². The number of sulfone groups is 1. The third-order valence-corrected chi connectivity index (χ3v) is 8.04. The molecule has 0 spiro atoms. The summed E-state index contributed by atoms with van der Waals surface area (Å²) in [4.78, 5) is 11.3. The molecule has 1 saturated heterocycles. The van der Waals surface area contributed by atoms with Gasteiger partial charge < -0.3 is 14.4 Å². The Balaban J connectivity index is 1.20. The van der Waals surface area contributed by atoms with Crippen molar-refractivity contribution in [2.24, 2.45) is 17.8 Å². The van der Waals surface area contributed by atoms with Crippen LogP contribution in [0.2, 0.25) is 0 Å². The largest absolute Gasteiger partial charge is 0.377 e. The molecule has 1 aromatic carbocycles. The minimum absolute atomic E-state index is 0.0109. The number of aromatic nitrogens is 2. The van der Waals surface area contributed by atoms with E-state index < -0.39 is 15.7 Å². The molecule has 1 aliphatic heterocycles. The maximum Gasteiger partial charge on any atom is 0.225 e. The van der Waals surface area contributed by atoms with Crippen molar-refractivity contribution in [1.29, 1.82) is 0 Å². The van der Waals surface area contributed by atoms with Crippen LogP contribution in [0.5, 0.6) is 0 Å². The van der Waals surface area contributed by atoms with Crippen molar-refractivity contribution in [3.63, 3.8) is 0 Å². The summed E-state index contributed by atoms with van der Waals surface area (Å²) in [5.41, 5.74) is 1.36. The van der Waals surface area contributed by atoms with E-state index in [2.05, 4.69) is 14.9 Å². The van der Waals surface area contributed by atoms with Gasteiger partial charge in [-0.1, -0.05) is 6.07 Å². The normalized spacial score (nSPS) is 22.4.